The summed E-state index contributed by atoms with van der Waals surface area (Å²) in [7, 11) is 1.63. The maximum atomic E-state index is 13.9. The van der Waals surface area contributed by atoms with Crippen molar-refractivity contribution in [3.05, 3.63) is 71.5 Å². The molecular weight excluding hydrogens is 402 g/mol. The molecule has 0 spiro atoms. The van der Waals surface area contributed by atoms with Gasteiger partial charge in [0, 0.05) is 35.6 Å². The van der Waals surface area contributed by atoms with E-state index >= 15 is 0 Å². The van der Waals surface area contributed by atoms with Gasteiger partial charge in [-0.25, -0.2) is 0 Å². The monoisotopic (exact) mass is 433 g/mol. The number of benzene rings is 2. The van der Waals surface area contributed by atoms with E-state index in [2.05, 4.69) is 38.0 Å². The molecule has 0 saturated carbocycles. The van der Waals surface area contributed by atoms with Crippen LogP contribution >= 0.6 is 0 Å². The number of carbonyl (C=O) groups excluding carboxylic acids is 1. The van der Waals surface area contributed by atoms with Crippen LogP contribution in [0, 0.1) is 0 Å². The standard InChI is InChI=1S/C26H31N3O3/c1-5-28-16-19(15-27-28)17-29(21-8-6-20(7-9-21)18(2)3)26(30)24-12-13-32-25-14-22(31-4)10-11-23(24)25/h6-11,14-16,18,24H,5,12-13,17H2,1-4H3. The maximum Gasteiger partial charge on any atom is 0.235 e. The fraction of sp³-hybridized carbons (Fsp3) is 0.385. The zero-order valence-corrected chi connectivity index (χ0v) is 19.2. The highest BCUT2D eigenvalue weighted by Crippen LogP contribution is 2.38. The first-order chi connectivity index (χ1) is 15.5. The number of nitrogens with zero attached hydrogens (tertiary/aromatic N) is 3. The normalized spacial score (nSPS) is 15.2. The van der Waals surface area contributed by atoms with E-state index < -0.39 is 0 Å². The summed E-state index contributed by atoms with van der Waals surface area (Å²) in [6.07, 6.45) is 4.49. The van der Waals surface area contributed by atoms with Crippen LogP contribution in [0.25, 0.3) is 0 Å². The molecule has 6 nitrogen and oxygen atoms in total. The van der Waals surface area contributed by atoms with Gasteiger partial charge < -0.3 is 14.4 Å². The number of carbonyl (C=O) groups is 1. The van der Waals surface area contributed by atoms with Crippen molar-refractivity contribution in [3.8, 4) is 11.5 Å². The third-order valence-electron chi connectivity index (χ3n) is 6.05. The minimum atomic E-state index is -0.268. The van der Waals surface area contributed by atoms with Gasteiger partial charge in [-0.1, -0.05) is 32.0 Å². The van der Waals surface area contributed by atoms with Crippen molar-refractivity contribution in [2.75, 3.05) is 18.6 Å². The molecular formula is C26H31N3O3. The Labute approximate surface area is 189 Å². The van der Waals surface area contributed by atoms with Crippen molar-refractivity contribution in [2.45, 2.75) is 52.1 Å². The number of ether oxygens (including phenoxy) is 2. The van der Waals surface area contributed by atoms with E-state index in [4.69, 9.17) is 9.47 Å². The largest absolute Gasteiger partial charge is 0.497 e. The van der Waals surface area contributed by atoms with E-state index in [1.54, 1.807) is 7.11 Å². The summed E-state index contributed by atoms with van der Waals surface area (Å²) in [4.78, 5) is 15.8. The number of anilines is 1. The fourth-order valence-electron chi connectivity index (χ4n) is 4.12. The Morgan fingerprint density at radius 1 is 1.25 bits per heavy atom. The second kappa shape index (κ2) is 9.47. The minimum Gasteiger partial charge on any atom is -0.497 e. The van der Waals surface area contributed by atoms with Crippen LogP contribution in [0.1, 0.15) is 55.7 Å². The molecule has 0 saturated heterocycles. The molecule has 32 heavy (non-hydrogen) atoms. The van der Waals surface area contributed by atoms with Gasteiger partial charge in [-0.05, 0) is 43.0 Å². The lowest BCUT2D eigenvalue weighted by atomic mass is 9.91. The second-order valence-electron chi connectivity index (χ2n) is 8.47. The van der Waals surface area contributed by atoms with Gasteiger partial charge in [-0.3, -0.25) is 9.48 Å². The Hall–Kier alpha value is -3.28. The molecule has 4 rings (SSSR count). The first-order valence-corrected chi connectivity index (χ1v) is 11.2. The quantitative estimate of drug-likeness (QED) is 0.518. The van der Waals surface area contributed by atoms with Gasteiger partial charge in [0.1, 0.15) is 11.5 Å². The lowest BCUT2D eigenvalue weighted by Gasteiger charge is -2.31. The molecule has 0 bridgehead atoms. The molecule has 3 aromatic rings. The van der Waals surface area contributed by atoms with Gasteiger partial charge in [0.25, 0.3) is 0 Å². The smallest absolute Gasteiger partial charge is 0.235 e. The van der Waals surface area contributed by atoms with Gasteiger partial charge in [-0.15, -0.1) is 0 Å². The highest BCUT2D eigenvalue weighted by Gasteiger charge is 2.32. The zero-order chi connectivity index (χ0) is 22.7. The number of hydrogen-bond acceptors (Lipinski definition) is 4. The number of methoxy groups -OCH3 is 1. The van der Waals surface area contributed by atoms with Crippen LogP contribution in [0.15, 0.2) is 54.9 Å². The van der Waals surface area contributed by atoms with Crippen LogP contribution in [0.4, 0.5) is 5.69 Å². The number of hydrogen-bond donors (Lipinski definition) is 0. The van der Waals surface area contributed by atoms with Crippen molar-refractivity contribution >= 4 is 11.6 Å². The average Bonchev–Trinajstić information content (AvgIpc) is 3.29. The highest BCUT2D eigenvalue weighted by molar-refractivity contribution is 5.98. The minimum absolute atomic E-state index is 0.0706. The summed E-state index contributed by atoms with van der Waals surface area (Å²) in [5.41, 5.74) is 4.07. The number of rotatable bonds is 7. The molecule has 1 amide bonds. The highest BCUT2D eigenvalue weighted by atomic mass is 16.5. The van der Waals surface area contributed by atoms with Crippen LogP contribution < -0.4 is 14.4 Å². The summed E-state index contributed by atoms with van der Waals surface area (Å²) in [6.45, 7) is 8.17. The van der Waals surface area contributed by atoms with E-state index in [1.807, 2.05) is 52.3 Å². The van der Waals surface area contributed by atoms with Crippen LogP contribution in [0.2, 0.25) is 0 Å². The van der Waals surface area contributed by atoms with Crippen molar-refractivity contribution in [2.24, 2.45) is 0 Å². The maximum absolute atomic E-state index is 13.9. The Balaban J connectivity index is 1.68. The van der Waals surface area contributed by atoms with Crippen molar-refractivity contribution in [1.82, 2.24) is 9.78 Å². The van der Waals surface area contributed by atoms with Gasteiger partial charge in [0.05, 0.1) is 32.4 Å². The molecule has 0 fully saturated rings. The van der Waals surface area contributed by atoms with Crippen LogP contribution in [-0.2, 0) is 17.9 Å². The molecule has 0 aliphatic carbocycles. The van der Waals surface area contributed by atoms with E-state index in [9.17, 15) is 4.79 Å². The number of fused-ring (bicyclic) bond motifs is 1. The third-order valence-corrected chi connectivity index (χ3v) is 6.05. The molecule has 1 aliphatic rings. The third kappa shape index (κ3) is 4.49. The van der Waals surface area contributed by atoms with Gasteiger partial charge in [-0.2, -0.15) is 5.10 Å². The summed E-state index contributed by atoms with van der Waals surface area (Å²) >= 11 is 0. The topological polar surface area (TPSA) is 56.6 Å². The van der Waals surface area contributed by atoms with E-state index in [-0.39, 0.29) is 11.8 Å². The molecule has 2 heterocycles. The summed E-state index contributed by atoms with van der Waals surface area (Å²) in [5.74, 6) is 1.69. The molecule has 1 unspecified atom stereocenters. The molecule has 1 atom stereocenters. The van der Waals surface area contributed by atoms with Crippen molar-refractivity contribution in [1.29, 1.82) is 0 Å². The van der Waals surface area contributed by atoms with Gasteiger partial charge in [0.15, 0.2) is 0 Å². The van der Waals surface area contributed by atoms with Crippen LogP contribution in [-0.4, -0.2) is 29.4 Å². The fourth-order valence-corrected chi connectivity index (χ4v) is 4.12. The van der Waals surface area contributed by atoms with E-state index in [0.29, 0.717) is 25.5 Å². The first kappa shape index (κ1) is 21.9. The molecule has 0 N–H and O–H groups in total. The zero-order valence-electron chi connectivity index (χ0n) is 19.2. The second-order valence-corrected chi connectivity index (χ2v) is 8.47. The summed E-state index contributed by atoms with van der Waals surface area (Å²) < 4.78 is 13.1. The molecule has 2 aromatic carbocycles. The average molecular weight is 434 g/mol. The van der Waals surface area contributed by atoms with Crippen LogP contribution in [0.3, 0.4) is 0 Å². The predicted octanol–water partition coefficient (Wildman–Crippen LogP) is 5.13. The van der Waals surface area contributed by atoms with E-state index in [1.165, 1.54) is 5.56 Å². The Morgan fingerprint density at radius 3 is 2.69 bits per heavy atom. The van der Waals surface area contributed by atoms with Crippen molar-refractivity contribution in [3.63, 3.8) is 0 Å². The van der Waals surface area contributed by atoms with Crippen LogP contribution in [0.5, 0.6) is 11.5 Å². The molecule has 1 aliphatic heterocycles. The molecule has 1 aromatic heterocycles. The first-order valence-electron chi connectivity index (χ1n) is 11.2. The molecule has 168 valence electrons. The summed E-state index contributed by atoms with van der Waals surface area (Å²) in [5, 5.41) is 4.39. The SMILES string of the molecule is CCn1cc(CN(C(=O)C2CCOc3cc(OC)ccc32)c2ccc(C(C)C)cc2)cn1. The van der Waals surface area contributed by atoms with Gasteiger partial charge >= 0.3 is 0 Å². The Morgan fingerprint density at radius 2 is 2.03 bits per heavy atom. The van der Waals surface area contributed by atoms with Crippen molar-refractivity contribution < 1.29 is 14.3 Å². The number of aromatic nitrogens is 2. The molecule has 0 radical (unpaired) electrons. The lowest BCUT2D eigenvalue weighted by molar-refractivity contribution is -0.120. The number of amides is 1. The number of aryl methyl sites for hydroxylation is 1. The Kier molecular flexibility index (Phi) is 6.49. The van der Waals surface area contributed by atoms with Gasteiger partial charge in [0.2, 0.25) is 5.91 Å². The lowest BCUT2D eigenvalue weighted by Crippen LogP contribution is -2.36. The molecule has 6 heteroatoms. The predicted molar refractivity (Wildman–Crippen MR) is 125 cm³/mol. The summed E-state index contributed by atoms with van der Waals surface area (Å²) in [6, 6.07) is 14.0. The van der Waals surface area contributed by atoms with E-state index in [0.717, 1.165) is 34.9 Å². The Bertz CT molecular complexity index is 1070.